The summed E-state index contributed by atoms with van der Waals surface area (Å²) in [5.74, 6) is 0. The van der Waals surface area contributed by atoms with E-state index in [1.807, 2.05) is 25.6 Å². The normalized spacial score (nSPS) is 8.27. The van der Waals surface area contributed by atoms with Gasteiger partial charge in [0.1, 0.15) is 20.3 Å². The maximum Gasteiger partial charge on any atom is 0.141 e. The van der Waals surface area contributed by atoms with E-state index in [1.165, 1.54) is 0 Å². The van der Waals surface area contributed by atoms with Gasteiger partial charge in [-0.15, -0.1) is 0 Å². The van der Waals surface area contributed by atoms with Crippen LogP contribution in [0.5, 0.6) is 0 Å². The van der Waals surface area contributed by atoms with E-state index in [0.717, 1.165) is 19.5 Å². The molecule has 0 fully saturated rings. The third-order valence-corrected chi connectivity index (χ3v) is 1.03. The summed E-state index contributed by atoms with van der Waals surface area (Å²) >= 11 is 0. The first kappa shape index (κ1) is 10.0. The van der Waals surface area contributed by atoms with Gasteiger partial charge in [0, 0.05) is 13.0 Å². The summed E-state index contributed by atoms with van der Waals surface area (Å²) < 4.78 is 2.02. The summed E-state index contributed by atoms with van der Waals surface area (Å²) in [6.45, 7) is 3.51. The lowest BCUT2D eigenvalue weighted by Gasteiger charge is -1.82. The third-order valence-electron chi connectivity index (χ3n) is 1.03. The lowest BCUT2D eigenvalue weighted by Crippen LogP contribution is -1.99. The van der Waals surface area contributed by atoms with E-state index in [0.29, 0.717) is 0 Å². The molecule has 0 atom stereocenters. The Balaban J connectivity index is 3.42. The van der Waals surface area contributed by atoms with Gasteiger partial charge in [-0.05, 0) is 6.92 Å². The van der Waals surface area contributed by atoms with Crippen molar-refractivity contribution in [3.8, 4) is 0 Å². The molecule has 0 rings (SSSR count). The first-order valence-corrected chi connectivity index (χ1v) is 3.85. The van der Waals surface area contributed by atoms with E-state index < -0.39 is 0 Å². The molecule has 62 valence electrons. The van der Waals surface area contributed by atoms with Gasteiger partial charge in [0.2, 0.25) is 0 Å². The highest BCUT2D eigenvalue weighted by atomic mass is 14.9. The van der Waals surface area contributed by atoms with Gasteiger partial charge < -0.3 is 0 Å². The van der Waals surface area contributed by atoms with Crippen LogP contribution in [0.3, 0.4) is 0 Å². The van der Waals surface area contributed by atoms with Crippen LogP contribution in [0.25, 0.3) is 0 Å². The molecular formula is C8H16N3+. The van der Waals surface area contributed by atoms with Crippen molar-refractivity contribution in [1.29, 1.82) is 0 Å². The van der Waals surface area contributed by atoms with Gasteiger partial charge >= 0.3 is 0 Å². The number of rotatable bonds is 4. The van der Waals surface area contributed by atoms with Gasteiger partial charge in [0.05, 0.1) is 12.6 Å². The zero-order chi connectivity index (χ0) is 8.53. The van der Waals surface area contributed by atoms with Crippen molar-refractivity contribution in [3.05, 3.63) is 0 Å². The standard InChI is InChI=1S/C8H16N3/c1-4-9-8-10-6-5-7-11(2)3/h7H,4-6H2,1-3H3/q+1. The van der Waals surface area contributed by atoms with Gasteiger partial charge in [-0.1, -0.05) is 0 Å². The number of nitrogens with zero attached hydrogens (tertiary/aromatic N) is 3. The van der Waals surface area contributed by atoms with Crippen molar-refractivity contribution in [1.82, 2.24) is 0 Å². The zero-order valence-corrected chi connectivity index (χ0v) is 7.54. The molecule has 0 saturated carbocycles. The first-order valence-electron chi connectivity index (χ1n) is 3.85. The second-order valence-corrected chi connectivity index (χ2v) is 2.39. The van der Waals surface area contributed by atoms with Crippen LogP contribution in [-0.2, 0) is 0 Å². The maximum absolute atomic E-state index is 3.96. The molecule has 0 radical (unpaired) electrons. The molecule has 0 aromatic heterocycles. The lowest BCUT2D eigenvalue weighted by molar-refractivity contribution is -0.460. The summed E-state index contributed by atoms with van der Waals surface area (Å²) in [7, 11) is 4.01. The van der Waals surface area contributed by atoms with Crippen LogP contribution in [0.1, 0.15) is 13.3 Å². The Morgan fingerprint density at radius 3 is 2.64 bits per heavy atom. The average molecular weight is 154 g/mol. The largest absolute Gasteiger partial charge is 0.245 e. The van der Waals surface area contributed by atoms with E-state index in [-0.39, 0.29) is 0 Å². The van der Waals surface area contributed by atoms with Crippen molar-refractivity contribution in [2.75, 3.05) is 27.2 Å². The van der Waals surface area contributed by atoms with Crippen LogP contribution in [0.15, 0.2) is 9.98 Å². The van der Waals surface area contributed by atoms with Gasteiger partial charge in [-0.3, -0.25) is 0 Å². The van der Waals surface area contributed by atoms with Crippen LogP contribution in [0.4, 0.5) is 0 Å². The molecule has 11 heavy (non-hydrogen) atoms. The van der Waals surface area contributed by atoms with E-state index >= 15 is 0 Å². The molecule has 0 aliphatic rings. The minimum atomic E-state index is 0.765. The first-order chi connectivity index (χ1) is 5.27. The SMILES string of the molecule is CCN=C=NCCC=[N+](C)C. The molecule has 0 heterocycles. The molecule has 0 aromatic carbocycles. The Labute approximate surface area is 68.2 Å². The fourth-order valence-electron chi connectivity index (χ4n) is 0.551. The summed E-state index contributed by atoms with van der Waals surface area (Å²) in [6, 6.07) is 2.62. The minimum Gasteiger partial charge on any atom is -0.245 e. The molecule has 0 saturated heterocycles. The Morgan fingerprint density at radius 1 is 1.36 bits per heavy atom. The lowest BCUT2D eigenvalue weighted by atomic mass is 10.5. The predicted molar refractivity (Wildman–Crippen MR) is 48.1 cm³/mol. The van der Waals surface area contributed by atoms with Crippen LogP contribution in [0, 0.1) is 0 Å². The van der Waals surface area contributed by atoms with Crippen LogP contribution in [0.2, 0.25) is 0 Å². The minimum absolute atomic E-state index is 0.765. The average Bonchev–Trinajstić information content (AvgIpc) is 1.96. The molecule has 0 spiro atoms. The fraction of sp³-hybridized carbons (Fsp3) is 0.750. The number of hydrogen-bond donors (Lipinski definition) is 0. The van der Waals surface area contributed by atoms with Crippen molar-refractivity contribution in [2.45, 2.75) is 13.3 Å². The van der Waals surface area contributed by atoms with Crippen molar-refractivity contribution < 1.29 is 4.58 Å². The summed E-state index contributed by atoms with van der Waals surface area (Å²) in [6.07, 6.45) is 3.04. The molecule has 3 heteroatoms. The van der Waals surface area contributed by atoms with Crippen molar-refractivity contribution >= 4 is 12.2 Å². The quantitative estimate of drug-likeness (QED) is 0.327. The predicted octanol–water partition coefficient (Wildman–Crippen LogP) is 0.913. The van der Waals surface area contributed by atoms with Gasteiger partial charge in [0.15, 0.2) is 0 Å². The zero-order valence-electron chi connectivity index (χ0n) is 7.54. The van der Waals surface area contributed by atoms with Crippen molar-refractivity contribution in [2.24, 2.45) is 9.98 Å². The monoisotopic (exact) mass is 154 g/mol. The molecule has 0 aliphatic heterocycles. The van der Waals surface area contributed by atoms with E-state index in [4.69, 9.17) is 0 Å². The second kappa shape index (κ2) is 7.16. The smallest absolute Gasteiger partial charge is 0.141 e. The molecule has 0 unspecified atom stereocenters. The van der Waals surface area contributed by atoms with Gasteiger partial charge in [-0.25, -0.2) is 14.6 Å². The van der Waals surface area contributed by atoms with Crippen LogP contribution < -0.4 is 0 Å². The Kier molecular flexibility index (Phi) is 6.54. The van der Waals surface area contributed by atoms with Crippen LogP contribution in [-0.4, -0.2) is 44.0 Å². The Hall–Kier alpha value is -0.950. The molecule has 0 aliphatic carbocycles. The molecule has 0 N–H and O–H groups in total. The van der Waals surface area contributed by atoms with E-state index in [9.17, 15) is 0 Å². The van der Waals surface area contributed by atoms with Crippen LogP contribution >= 0.6 is 0 Å². The summed E-state index contributed by atoms with van der Waals surface area (Å²) in [4.78, 5) is 7.80. The summed E-state index contributed by atoms with van der Waals surface area (Å²) in [5.41, 5.74) is 0. The maximum atomic E-state index is 3.96. The highest BCUT2D eigenvalue weighted by molar-refractivity contribution is 5.51. The third kappa shape index (κ3) is 9.05. The van der Waals surface area contributed by atoms with E-state index in [2.05, 4.69) is 22.2 Å². The van der Waals surface area contributed by atoms with Gasteiger partial charge in [0.25, 0.3) is 0 Å². The topological polar surface area (TPSA) is 27.7 Å². The molecule has 3 nitrogen and oxygen atoms in total. The van der Waals surface area contributed by atoms with E-state index in [1.54, 1.807) is 0 Å². The Morgan fingerprint density at radius 2 is 2.09 bits per heavy atom. The molecule has 0 bridgehead atoms. The molecular weight excluding hydrogens is 138 g/mol. The van der Waals surface area contributed by atoms with Crippen molar-refractivity contribution in [3.63, 3.8) is 0 Å². The molecule has 0 amide bonds. The Bertz CT molecular complexity index is 172. The molecule has 0 aromatic rings. The highest BCUT2D eigenvalue weighted by Crippen LogP contribution is 1.73. The fourth-order valence-corrected chi connectivity index (χ4v) is 0.551. The van der Waals surface area contributed by atoms with Gasteiger partial charge in [-0.2, -0.15) is 0 Å². The number of hydrogen-bond acceptors (Lipinski definition) is 2. The summed E-state index contributed by atoms with van der Waals surface area (Å²) in [5, 5.41) is 0. The number of aliphatic imine (C=N–C) groups is 2. The second-order valence-electron chi connectivity index (χ2n) is 2.39. The highest BCUT2D eigenvalue weighted by Gasteiger charge is 1.82.